The standard InChI is InChI=1S/C17H16O5/c1-4-20-16(18)13-8-11-10(3)21-14-6-5-9(2)7-12(14)15(11)22-17(13)19/h5-8,10H,4H2,1-3H3/t10-/m0/s1. The third kappa shape index (κ3) is 2.28. The fraction of sp³-hybridized carbons (Fsp3) is 0.294. The molecule has 114 valence electrons. The van der Waals surface area contributed by atoms with Crippen molar-refractivity contribution in [1.29, 1.82) is 0 Å². The van der Waals surface area contributed by atoms with Crippen LogP contribution in [-0.4, -0.2) is 12.6 Å². The van der Waals surface area contributed by atoms with Gasteiger partial charge in [-0.15, -0.1) is 0 Å². The van der Waals surface area contributed by atoms with E-state index in [-0.39, 0.29) is 18.3 Å². The fourth-order valence-electron chi connectivity index (χ4n) is 2.53. The van der Waals surface area contributed by atoms with Crippen LogP contribution < -0.4 is 10.4 Å². The molecule has 0 spiro atoms. The highest BCUT2D eigenvalue weighted by Gasteiger charge is 2.28. The van der Waals surface area contributed by atoms with E-state index < -0.39 is 11.6 Å². The summed E-state index contributed by atoms with van der Waals surface area (Å²) in [6.07, 6.45) is -0.317. The minimum Gasteiger partial charge on any atom is -0.485 e. The van der Waals surface area contributed by atoms with E-state index in [0.29, 0.717) is 17.1 Å². The fourth-order valence-corrected chi connectivity index (χ4v) is 2.53. The number of hydrogen-bond donors (Lipinski definition) is 0. The van der Waals surface area contributed by atoms with E-state index in [2.05, 4.69) is 0 Å². The number of hydrogen-bond acceptors (Lipinski definition) is 5. The van der Waals surface area contributed by atoms with Crippen LogP contribution in [0.2, 0.25) is 0 Å². The highest BCUT2D eigenvalue weighted by atomic mass is 16.5. The van der Waals surface area contributed by atoms with E-state index in [0.717, 1.165) is 11.1 Å². The molecule has 5 nitrogen and oxygen atoms in total. The van der Waals surface area contributed by atoms with Gasteiger partial charge < -0.3 is 13.9 Å². The van der Waals surface area contributed by atoms with Gasteiger partial charge >= 0.3 is 11.6 Å². The number of benzene rings is 1. The Morgan fingerprint density at radius 1 is 1.32 bits per heavy atom. The molecule has 2 aromatic rings. The van der Waals surface area contributed by atoms with Crippen LogP contribution in [0.3, 0.4) is 0 Å². The molecule has 22 heavy (non-hydrogen) atoms. The van der Waals surface area contributed by atoms with Crippen LogP contribution in [0.25, 0.3) is 11.3 Å². The monoisotopic (exact) mass is 300 g/mol. The van der Waals surface area contributed by atoms with Gasteiger partial charge in [-0.2, -0.15) is 0 Å². The average molecular weight is 300 g/mol. The maximum Gasteiger partial charge on any atom is 0.351 e. The lowest BCUT2D eigenvalue weighted by atomic mass is 9.97. The Balaban J connectivity index is 2.20. The maximum atomic E-state index is 12.1. The van der Waals surface area contributed by atoms with Crippen LogP contribution in [0.4, 0.5) is 0 Å². The van der Waals surface area contributed by atoms with Gasteiger partial charge in [-0.25, -0.2) is 9.59 Å². The molecule has 0 saturated carbocycles. The second-order valence-electron chi connectivity index (χ2n) is 5.21. The number of rotatable bonds is 2. The Morgan fingerprint density at radius 3 is 2.82 bits per heavy atom. The SMILES string of the molecule is CCOC(=O)c1cc2c(oc1=O)-c1cc(C)ccc1O[C@H]2C. The number of fused-ring (bicyclic) bond motifs is 3. The molecule has 1 aromatic heterocycles. The Labute approximate surface area is 127 Å². The molecule has 3 rings (SSSR count). The van der Waals surface area contributed by atoms with Gasteiger partial charge in [0.05, 0.1) is 12.2 Å². The summed E-state index contributed by atoms with van der Waals surface area (Å²) in [4.78, 5) is 23.9. The smallest absolute Gasteiger partial charge is 0.351 e. The van der Waals surface area contributed by atoms with Crippen molar-refractivity contribution >= 4 is 5.97 Å². The average Bonchev–Trinajstić information content (AvgIpc) is 2.48. The number of ether oxygens (including phenoxy) is 2. The van der Waals surface area contributed by atoms with Crippen molar-refractivity contribution in [1.82, 2.24) is 0 Å². The molecule has 0 aliphatic carbocycles. The van der Waals surface area contributed by atoms with Crippen LogP contribution in [0.15, 0.2) is 33.5 Å². The third-order valence-electron chi connectivity index (χ3n) is 3.59. The van der Waals surface area contributed by atoms with Gasteiger partial charge in [0.1, 0.15) is 23.2 Å². The largest absolute Gasteiger partial charge is 0.485 e. The Morgan fingerprint density at radius 2 is 2.09 bits per heavy atom. The molecule has 0 radical (unpaired) electrons. The first-order valence-corrected chi connectivity index (χ1v) is 7.14. The maximum absolute atomic E-state index is 12.1. The number of aryl methyl sites for hydroxylation is 1. The van der Waals surface area contributed by atoms with Gasteiger partial charge in [0.15, 0.2) is 0 Å². The number of carbonyl (C=O) groups is 1. The zero-order valence-corrected chi connectivity index (χ0v) is 12.6. The van der Waals surface area contributed by atoms with E-state index in [4.69, 9.17) is 13.9 Å². The molecular weight excluding hydrogens is 284 g/mol. The number of carbonyl (C=O) groups excluding carboxylic acids is 1. The van der Waals surface area contributed by atoms with Crippen LogP contribution in [0.1, 0.15) is 41.4 Å². The Kier molecular flexibility index (Phi) is 3.48. The van der Waals surface area contributed by atoms with Crippen LogP contribution in [0, 0.1) is 6.92 Å². The van der Waals surface area contributed by atoms with Crippen molar-refractivity contribution in [2.24, 2.45) is 0 Å². The van der Waals surface area contributed by atoms with E-state index in [9.17, 15) is 9.59 Å². The second-order valence-corrected chi connectivity index (χ2v) is 5.21. The normalized spacial score (nSPS) is 15.5. The molecule has 0 fully saturated rings. The van der Waals surface area contributed by atoms with Gasteiger partial charge in [0, 0.05) is 5.56 Å². The molecule has 5 heteroatoms. The molecule has 1 atom stereocenters. The van der Waals surface area contributed by atoms with Crippen LogP contribution >= 0.6 is 0 Å². The molecule has 1 aromatic carbocycles. The lowest BCUT2D eigenvalue weighted by Crippen LogP contribution is -2.21. The quantitative estimate of drug-likeness (QED) is 0.796. The van der Waals surface area contributed by atoms with Gasteiger partial charge in [-0.3, -0.25) is 0 Å². The summed E-state index contributed by atoms with van der Waals surface area (Å²) in [6, 6.07) is 7.19. The molecule has 0 saturated heterocycles. The van der Waals surface area contributed by atoms with E-state index in [1.165, 1.54) is 6.07 Å². The van der Waals surface area contributed by atoms with Crippen molar-refractivity contribution in [2.45, 2.75) is 26.9 Å². The van der Waals surface area contributed by atoms with Gasteiger partial charge in [-0.1, -0.05) is 11.6 Å². The lowest BCUT2D eigenvalue weighted by Gasteiger charge is -2.25. The molecule has 0 N–H and O–H groups in total. The summed E-state index contributed by atoms with van der Waals surface area (Å²) in [5.74, 6) is 0.439. The summed E-state index contributed by atoms with van der Waals surface area (Å²) in [6.45, 7) is 5.67. The summed E-state index contributed by atoms with van der Waals surface area (Å²) >= 11 is 0. The summed E-state index contributed by atoms with van der Waals surface area (Å²) in [7, 11) is 0. The summed E-state index contributed by atoms with van der Waals surface area (Å²) < 4.78 is 16.1. The zero-order valence-electron chi connectivity index (χ0n) is 12.6. The Bertz CT molecular complexity index is 803. The molecule has 2 heterocycles. The van der Waals surface area contributed by atoms with Crippen molar-refractivity contribution in [3.8, 4) is 17.1 Å². The summed E-state index contributed by atoms with van der Waals surface area (Å²) in [5.41, 5.74) is 1.62. The molecule has 1 aliphatic heterocycles. The topological polar surface area (TPSA) is 65.7 Å². The van der Waals surface area contributed by atoms with E-state index in [1.54, 1.807) is 6.92 Å². The molecule has 0 amide bonds. The highest BCUT2D eigenvalue weighted by molar-refractivity contribution is 5.89. The minimum atomic E-state index is -0.696. The second kappa shape index (κ2) is 5.33. The number of esters is 1. The lowest BCUT2D eigenvalue weighted by molar-refractivity contribution is 0.0520. The first kappa shape index (κ1) is 14.4. The molecule has 0 unspecified atom stereocenters. The first-order valence-electron chi connectivity index (χ1n) is 7.14. The van der Waals surface area contributed by atoms with Crippen molar-refractivity contribution in [2.75, 3.05) is 6.61 Å². The molecular formula is C17H16O5. The van der Waals surface area contributed by atoms with Gasteiger partial charge in [0.2, 0.25) is 0 Å². The van der Waals surface area contributed by atoms with Crippen molar-refractivity contribution in [3.05, 3.63) is 51.4 Å². The predicted molar refractivity (Wildman–Crippen MR) is 80.2 cm³/mol. The van der Waals surface area contributed by atoms with Gasteiger partial charge in [0.25, 0.3) is 0 Å². The van der Waals surface area contributed by atoms with Crippen molar-refractivity contribution < 1.29 is 18.7 Å². The van der Waals surface area contributed by atoms with Crippen molar-refractivity contribution in [3.63, 3.8) is 0 Å². The first-order chi connectivity index (χ1) is 10.5. The van der Waals surface area contributed by atoms with E-state index in [1.807, 2.05) is 32.0 Å². The zero-order chi connectivity index (χ0) is 15.9. The molecule has 1 aliphatic rings. The van der Waals surface area contributed by atoms with Crippen LogP contribution in [0.5, 0.6) is 5.75 Å². The highest BCUT2D eigenvalue weighted by Crippen LogP contribution is 2.42. The van der Waals surface area contributed by atoms with Crippen LogP contribution in [-0.2, 0) is 4.74 Å². The van der Waals surface area contributed by atoms with E-state index >= 15 is 0 Å². The summed E-state index contributed by atoms with van der Waals surface area (Å²) in [5, 5.41) is 0. The van der Waals surface area contributed by atoms with Gasteiger partial charge in [-0.05, 0) is 39.0 Å². The minimum absolute atomic E-state index is 0.104. The third-order valence-corrected chi connectivity index (χ3v) is 3.59. The Hall–Kier alpha value is -2.56. The molecule has 0 bridgehead atoms. The predicted octanol–water partition coefficient (Wildman–Crippen LogP) is 3.25.